The van der Waals surface area contributed by atoms with E-state index >= 15 is 0 Å². The zero-order chi connectivity index (χ0) is 22.8. The molecule has 0 saturated carbocycles. The van der Waals surface area contributed by atoms with Gasteiger partial charge in [0.2, 0.25) is 0 Å². The summed E-state index contributed by atoms with van der Waals surface area (Å²) in [4.78, 5) is 31.1. The zero-order valence-electron chi connectivity index (χ0n) is 18.4. The van der Waals surface area contributed by atoms with Gasteiger partial charge in [0, 0.05) is 43.0 Å². The minimum Gasteiger partial charge on any atom is -0.457 e. The second-order valence-corrected chi connectivity index (χ2v) is 8.45. The number of cyclic esters (lactones) is 1. The van der Waals surface area contributed by atoms with Crippen molar-refractivity contribution in [3.05, 3.63) is 64.6 Å². The van der Waals surface area contributed by atoms with Gasteiger partial charge in [-0.2, -0.15) is 4.68 Å². The first-order valence-electron chi connectivity index (χ1n) is 11.1. The summed E-state index contributed by atoms with van der Waals surface area (Å²) in [5.41, 5.74) is 4.69. The first-order valence-corrected chi connectivity index (χ1v) is 11.1. The van der Waals surface area contributed by atoms with Gasteiger partial charge in [-0.3, -0.25) is 4.79 Å². The van der Waals surface area contributed by atoms with Crippen molar-refractivity contribution in [3.8, 4) is 5.82 Å². The topological polar surface area (TPSA) is 115 Å². The summed E-state index contributed by atoms with van der Waals surface area (Å²) in [7, 11) is 0. The number of carbonyl (C=O) groups is 2. The summed E-state index contributed by atoms with van der Waals surface area (Å²) in [6.45, 7) is 5.27. The number of piperidine rings is 1. The summed E-state index contributed by atoms with van der Waals surface area (Å²) in [6.07, 6.45) is 5.76. The lowest BCUT2D eigenvalue weighted by atomic mass is 9.96. The smallest absolute Gasteiger partial charge is 0.338 e. The Kier molecular flexibility index (Phi) is 5.82. The van der Waals surface area contributed by atoms with Crippen LogP contribution >= 0.6 is 0 Å². The highest BCUT2D eigenvalue weighted by atomic mass is 16.5. The highest BCUT2D eigenvalue weighted by molar-refractivity contribution is 5.95. The number of tetrazole rings is 1. The molecule has 1 fully saturated rings. The van der Waals surface area contributed by atoms with Crippen LogP contribution in [0.5, 0.6) is 0 Å². The normalized spacial score (nSPS) is 16.5. The number of rotatable bonds is 6. The van der Waals surface area contributed by atoms with Crippen LogP contribution in [-0.4, -0.2) is 67.6 Å². The fraction of sp³-hybridized carbons (Fsp3) is 0.391. The largest absolute Gasteiger partial charge is 0.457 e. The molecule has 3 aromatic rings. The van der Waals surface area contributed by atoms with Crippen molar-refractivity contribution in [3.63, 3.8) is 0 Å². The fourth-order valence-corrected chi connectivity index (χ4v) is 4.47. The van der Waals surface area contributed by atoms with Gasteiger partial charge in [-0.25, -0.2) is 9.78 Å². The van der Waals surface area contributed by atoms with E-state index in [0.29, 0.717) is 23.6 Å². The number of hydrogen-bond donors (Lipinski definition) is 1. The SMILES string of the molecule is Cc1c(CCN2CCC(NC(=O)c3ccnc(-n4cnnn4)c3)CC2)ccc2c1COC2=O. The first-order chi connectivity index (χ1) is 16.1. The van der Waals surface area contributed by atoms with Crippen molar-refractivity contribution >= 4 is 11.9 Å². The predicted molar refractivity (Wildman–Crippen MR) is 118 cm³/mol. The van der Waals surface area contributed by atoms with Crippen molar-refractivity contribution in [2.45, 2.75) is 38.8 Å². The molecule has 0 atom stereocenters. The fourth-order valence-electron chi connectivity index (χ4n) is 4.47. The number of nitrogens with zero attached hydrogens (tertiary/aromatic N) is 6. The van der Waals surface area contributed by atoms with Crippen molar-refractivity contribution in [2.75, 3.05) is 19.6 Å². The van der Waals surface area contributed by atoms with Crippen LogP contribution in [0.3, 0.4) is 0 Å². The van der Waals surface area contributed by atoms with Crippen molar-refractivity contribution in [1.82, 2.24) is 35.4 Å². The number of carbonyl (C=O) groups excluding carboxylic acids is 2. The maximum atomic E-state index is 12.7. The third-order valence-corrected chi connectivity index (χ3v) is 6.49. The van der Waals surface area contributed by atoms with Gasteiger partial charge in [0.05, 0.1) is 5.56 Å². The van der Waals surface area contributed by atoms with Crippen molar-refractivity contribution in [1.29, 1.82) is 0 Å². The van der Waals surface area contributed by atoms with Crippen molar-refractivity contribution in [2.24, 2.45) is 0 Å². The number of likely N-dealkylation sites (tertiary alicyclic amines) is 1. The molecule has 5 rings (SSSR count). The van der Waals surface area contributed by atoms with Crippen LogP contribution < -0.4 is 5.32 Å². The number of pyridine rings is 1. The van der Waals surface area contributed by atoms with Crippen LogP contribution in [0.25, 0.3) is 5.82 Å². The lowest BCUT2D eigenvalue weighted by molar-refractivity contribution is 0.0534. The number of ether oxygens (including phenoxy) is 1. The minimum absolute atomic E-state index is 0.115. The average molecular weight is 447 g/mol. The van der Waals surface area contributed by atoms with Gasteiger partial charge in [-0.15, -0.1) is 5.10 Å². The Morgan fingerprint density at radius 1 is 1.24 bits per heavy atom. The van der Waals surface area contributed by atoms with Gasteiger partial charge in [-0.1, -0.05) is 6.07 Å². The highest BCUT2D eigenvalue weighted by Crippen LogP contribution is 2.26. The number of aromatic nitrogens is 5. The van der Waals surface area contributed by atoms with Gasteiger partial charge in [0.15, 0.2) is 5.82 Å². The number of esters is 1. The molecule has 1 saturated heterocycles. The Morgan fingerprint density at radius 3 is 2.88 bits per heavy atom. The average Bonchev–Trinajstić information content (AvgIpc) is 3.51. The van der Waals surface area contributed by atoms with Gasteiger partial charge in [0.1, 0.15) is 12.9 Å². The van der Waals surface area contributed by atoms with Gasteiger partial charge in [0.25, 0.3) is 5.91 Å². The third-order valence-electron chi connectivity index (χ3n) is 6.49. The van der Waals surface area contributed by atoms with Crippen molar-refractivity contribution < 1.29 is 14.3 Å². The molecule has 170 valence electrons. The summed E-state index contributed by atoms with van der Waals surface area (Å²) < 4.78 is 6.58. The number of fused-ring (bicyclic) bond motifs is 1. The number of amides is 1. The molecular weight excluding hydrogens is 422 g/mol. The lowest BCUT2D eigenvalue weighted by Crippen LogP contribution is -2.45. The quantitative estimate of drug-likeness (QED) is 0.565. The van der Waals surface area contributed by atoms with Gasteiger partial charge in [-0.05, 0) is 65.9 Å². The Hall–Kier alpha value is -3.66. The molecule has 2 aromatic heterocycles. The van der Waals surface area contributed by atoms with E-state index in [1.165, 1.54) is 22.1 Å². The molecule has 2 aliphatic rings. The van der Waals surface area contributed by atoms with E-state index in [-0.39, 0.29) is 17.9 Å². The number of benzene rings is 1. The number of hydrogen-bond acceptors (Lipinski definition) is 8. The second kappa shape index (κ2) is 9.07. The zero-order valence-corrected chi connectivity index (χ0v) is 18.4. The molecule has 10 heteroatoms. The van der Waals surface area contributed by atoms with E-state index < -0.39 is 0 Å². The van der Waals surface area contributed by atoms with E-state index in [4.69, 9.17) is 4.74 Å². The lowest BCUT2D eigenvalue weighted by Gasteiger charge is -2.32. The molecule has 0 bridgehead atoms. The van der Waals surface area contributed by atoms with E-state index in [1.54, 1.807) is 18.3 Å². The van der Waals surface area contributed by atoms with Crippen LogP contribution in [0, 0.1) is 6.92 Å². The molecule has 0 aliphatic carbocycles. The predicted octanol–water partition coefficient (Wildman–Crippen LogP) is 1.47. The molecule has 0 radical (unpaired) electrons. The summed E-state index contributed by atoms with van der Waals surface area (Å²) >= 11 is 0. The maximum absolute atomic E-state index is 12.7. The molecule has 1 aromatic carbocycles. The van der Waals surface area contributed by atoms with E-state index in [1.807, 2.05) is 12.1 Å². The second-order valence-electron chi connectivity index (χ2n) is 8.45. The molecule has 0 spiro atoms. The molecule has 1 N–H and O–H groups in total. The standard InChI is InChI=1S/C23H25N7O3/c1-15-16(2-3-19-20(15)13-33-23(19)32)5-9-29-10-6-18(7-11-29)26-22(31)17-4-8-24-21(12-17)30-14-25-27-28-30/h2-4,8,12,14,18H,5-7,9-11,13H2,1H3,(H,26,31). The Bertz CT molecular complexity index is 1170. The number of nitrogens with one attached hydrogen (secondary N) is 1. The van der Waals surface area contributed by atoms with Crippen LogP contribution in [0.15, 0.2) is 36.8 Å². The van der Waals surface area contributed by atoms with Crippen LogP contribution in [0.1, 0.15) is 50.2 Å². The van der Waals surface area contributed by atoms with Crippen LogP contribution in [0.2, 0.25) is 0 Å². The molecule has 0 unspecified atom stereocenters. The van der Waals surface area contributed by atoms with E-state index in [2.05, 4.69) is 37.6 Å². The maximum Gasteiger partial charge on any atom is 0.338 e. The molecular formula is C23H25N7O3. The van der Waals surface area contributed by atoms with Gasteiger partial charge >= 0.3 is 5.97 Å². The summed E-state index contributed by atoms with van der Waals surface area (Å²) in [5.74, 6) is 0.165. The van der Waals surface area contributed by atoms with Crippen LogP contribution in [-0.2, 0) is 17.8 Å². The first kappa shape index (κ1) is 21.2. The molecule has 2 aliphatic heterocycles. The minimum atomic E-state index is -0.220. The Balaban J connectivity index is 1.12. The summed E-state index contributed by atoms with van der Waals surface area (Å²) in [5, 5.41) is 14.2. The Labute approximate surface area is 190 Å². The van der Waals surface area contributed by atoms with Gasteiger partial charge < -0.3 is 15.0 Å². The Morgan fingerprint density at radius 2 is 2.09 bits per heavy atom. The van der Waals surface area contributed by atoms with E-state index in [0.717, 1.165) is 44.5 Å². The molecule has 10 nitrogen and oxygen atoms in total. The molecule has 4 heterocycles. The van der Waals surface area contributed by atoms with Crippen LogP contribution in [0.4, 0.5) is 0 Å². The molecule has 1 amide bonds. The summed E-state index contributed by atoms with van der Waals surface area (Å²) in [6, 6.07) is 7.45. The van der Waals surface area contributed by atoms with E-state index in [9.17, 15) is 9.59 Å². The monoisotopic (exact) mass is 447 g/mol. The third kappa shape index (κ3) is 4.47. The highest BCUT2D eigenvalue weighted by Gasteiger charge is 2.25. The molecule has 33 heavy (non-hydrogen) atoms.